The third kappa shape index (κ3) is 2.44. The summed E-state index contributed by atoms with van der Waals surface area (Å²) in [5, 5.41) is 0. The quantitative estimate of drug-likeness (QED) is 0.715. The molecule has 3 heteroatoms. The normalized spacial score (nSPS) is 10.1. The van der Waals surface area contributed by atoms with Gasteiger partial charge in [-0.2, -0.15) is 0 Å². The fourth-order valence-corrected chi connectivity index (χ4v) is 1.31. The van der Waals surface area contributed by atoms with Gasteiger partial charge in [0, 0.05) is 6.54 Å². The molecule has 0 atom stereocenters. The van der Waals surface area contributed by atoms with Crippen LogP contribution >= 0.6 is 0 Å². The number of hydrogen-bond donors (Lipinski definition) is 2. The second-order valence-electron chi connectivity index (χ2n) is 2.89. The molecule has 0 amide bonds. The van der Waals surface area contributed by atoms with Crippen LogP contribution in [0.15, 0.2) is 18.2 Å². The highest BCUT2D eigenvalue weighted by atomic mass is 16.5. The van der Waals surface area contributed by atoms with Gasteiger partial charge < -0.3 is 16.2 Å². The third-order valence-electron chi connectivity index (χ3n) is 1.99. The third-order valence-corrected chi connectivity index (χ3v) is 1.99. The van der Waals surface area contributed by atoms with Gasteiger partial charge in [0.15, 0.2) is 0 Å². The van der Waals surface area contributed by atoms with Gasteiger partial charge in [-0.15, -0.1) is 0 Å². The van der Waals surface area contributed by atoms with Crippen molar-refractivity contribution in [1.29, 1.82) is 0 Å². The summed E-state index contributed by atoms with van der Waals surface area (Å²) in [5.74, 6) is 0.891. The molecule has 13 heavy (non-hydrogen) atoms. The maximum atomic E-state index is 5.53. The first-order valence-electron chi connectivity index (χ1n) is 4.37. The molecule has 0 aliphatic carbocycles. The van der Waals surface area contributed by atoms with Gasteiger partial charge in [0.2, 0.25) is 0 Å². The fourth-order valence-electron chi connectivity index (χ4n) is 1.31. The zero-order valence-electron chi connectivity index (χ0n) is 7.92. The predicted molar refractivity (Wildman–Crippen MR) is 53.6 cm³/mol. The van der Waals surface area contributed by atoms with E-state index in [1.807, 2.05) is 18.2 Å². The number of benzene rings is 1. The molecule has 0 aliphatic heterocycles. The van der Waals surface area contributed by atoms with Gasteiger partial charge in [-0.05, 0) is 30.2 Å². The Balaban J connectivity index is 2.95. The Hall–Kier alpha value is -1.06. The molecule has 0 fully saturated rings. The zero-order chi connectivity index (χ0) is 9.68. The lowest BCUT2D eigenvalue weighted by Crippen LogP contribution is -2.05. The molecule has 0 radical (unpaired) electrons. The minimum atomic E-state index is 0.557. The van der Waals surface area contributed by atoms with Gasteiger partial charge in [-0.25, -0.2) is 0 Å². The van der Waals surface area contributed by atoms with Crippen LogP contribution in [0.2, 0.25) is 0 Å². The predicted octanol–water partition coefficient (Wildman–Crippen LogP) is 0.655. The molecule has 0 saturated heterocycles. The van der Waals surface area contributed by atoms with Crippen LogP contribution < -0.4 is 16.2 Å². The summed E-state index contributed by atoms with van der Waals surface area (Å²) in [5.41, 5.74) is 13.3. The summed E-state index contributed by atoms with van der Waals surface area (Å²) in [6, 6.07) is 5.96. The second-order valence-corrected chi connectivity index (χ2v) is 2.89. The van der Waals surface area contributed by atoms with Crippen molar-refractivity contribution >= 4 is 0 Å². The van der Waals surface area contributed by atoms with Crippen LogP contribution in [0, 0.1) is 0 Å². The molecule has 1 rings (SSSR count). The van der Waals surface area contributed by atoms with E-state index in [-0.39, 0.29) is 0 Å². The van der Waals surface area contributed by atoms with Gasteiger partial charge in [-0.3, -0.25) is 0 Å². The molecule has 72 valence electrons. The topological polar surface area (TPSA) is 61.3 Å². The Kier molecular flexibility index (Phi) is 3.73. The summed E-state index contributed by atoms with van der Waals surface area (Å²) >= 11 is 0. The van der Waals surface area contributed by atoms with Crippen molar-refractivity contribution in [2.45, 2.75) is 13.0 Å². The number of rotatable bonds is 4. The van der Waals surface area contributed by atoms with Gasteiger partial charge >= 0.3 is 0 Å². The summed E-state index contributed by atoms with van der Waals surface area (Å²) in [4.78, 5) is 0. The summed E-state index contributed by atoms with van der Waals surface area (Å²) in [7, 11) is 1.66. The minimum absolute atomic E-state index is 0.557. The minimum Gasteiger partial charge on any atom is -0.496 e. The Morgan fingerprint density at radius 1 is 1.31 bits per heavy atom. The lowest BCUT2D eigenvalue weighted by molar-refractivity contribution is 0.409. The highest BCUT2D eigenvalue weighted by Gasteiger charge is 2.02. The maximum absolute atomic E-state index is 5.53. The van der Waals surface area contributed by atoms with E-state index in [1.165, 1.54) is 0 Å². The molecule has 0 aromatic heterocycles. The molecule has 0 aliphatic rings. The number of hydrogen-bond acceptors (Lipinski definition) is 3. The van der Waals surface area contributed by atoms with Crippen LogP contribution in [0.3, 0.4) is 0 Å². The molecule has 0 bridgehead atoms. The van der Waals surface area contributed by atoms with Gasteiger partial charge in [0.25, 0.3) is 0 Å². The first-order chi connectivity index (χ1) is 6.31. The molecule has 1 aromatic carbocycles. The molecule has 1 aromatic rings. The molecular weight excluding hydrogens is 164 g/mol. The lowest BCUT2D eigenvalue weighted by Gasteiger charge is -2.08. The largest absolute Gasteiger partial charge is 0.496 e. The van der Waals surface area contributed by atoms with Crippen LogP contribution in [0.5, 0.6) is 5.75 Å². The van der Waals surface area contributed by atoms with Crippen molar-refractivity contribution in [3.05, 3.63) is 29.3 Å². The van der Waals surface area contributed by atoms with Crippen LogP contribution in [0.4, 0.5) is 0 Å². The molecule has 3 nitrogen and oxygen atoms in total. The first-order valence-corrected chi connectivity index (χ1v) is 4.37. The van der Waals surface area contributed by atoms with E-state index >= 15 is 0 Å². The number of methoxy groups -OCH3 is 1. The highest BCUT2D eigenvalue weighted by molar-refractivity contribution is 5.37. The van der Waals surface area contributed by atoms with Gasteiger partial charge in [0.05, 0.1) is 7.11 Å². The van der Waals surface area contributed by atoms with Gasteiger partial charge in [-0.1, -0.05) is 12.1 Å². The van der Waals surface area contributed by atoms with E-state index in [4.69, 9.17) is 16.2 Å². The maximum Gasteiger partial charge on any atom is 0.122 e. The SMILES string of the molecule is COc1ccc(CN)cc1CCN. The van der Waals surface area contributed by atoms with Crippen molar-refractivity contribution in [2.24, 2.45) is 11.5 Å². The monoisotopic (exact) mass is 180 g/mol. The van der Waals surface area contributed by atoms with Gasteiger partial charge in [0.1, 0.15) is 5.75 Å². The number of nitrogens with two attached hydrogens (primary N) is 2. The molecule has 4 N–H and O–H groups in total. The molecule has 0 unspecified atom stereocenters. The van der Waals surface area contributed by atoms with Crippen molar-refractivity contribution in [3.63, 3.8) is 0 Å². The standard InChI is InChI=1S/C10H16N2O/c1-13-10-3-2-8(7-12)6-9(10)4-5-11/h2-3,6H,4-5,7,11-12H2,1H3. The van der Waals surface area contributed by atoms with Crippen LogP contribution in [-0.2, 0) is 13.0 Å². The Morgan fingerprint density at radius 2 is 2.08 bits per heavy atom. The van der Waals surface area contributed by atoms with Crippen molar-refractivity contribution in [2.75, 3.05) is 13.7 Å². The highest BCUT2D eigenvalue weighted by Crippen LogP contribution is 2.19. The van der Waals surface area contributed by atoms with E-state index in [0.717, 1.165) is 23.3 Å². The first kappa shape index (κ1) is 10.0. The van der Waals surface area contributed by atoms with Crippen molar-refractivity contribution in [1.82, 2.24) is 0 Å². The zero-order valence-corrected chi connectivity index (χ0v) is 7.92. The fraction of sp³-hybridized carbons (Fsp3) is 0.400. The van der Waals surface area contributed by atoms with E-state index in [9.17, 15) is 0 Å². The average molecular weight is 180 g/mol. The molecule has 0 spiro atoms. The van der Waals surface area contributed by atoms with E-state index in [0.29, 0.717) is 13.1 Å². The molecule has 0 saturated carbocycles. The van der Waals surface area contributed by atoms with Crippen molar-refractivity contribution in [3.8, 4) is 5.75 Å². The summed E-state index contributed by atoms with van der Waals surface area (Å²) in [6.07, 6.45) is 0.830. The van der Waals surface area contributed by atoms with Crippen molar-refractivity contribution < 1.29 is 4.74 Å². The average Bonchev–Trinajstić information content (AvgIpc) is 2.18. The summed E-state index contributed by atoms with van der Waals surface area (Å²) < 4.78 is 5.20. The van der Waals surface area contributed by atoms with E-state index < -0.39 is 0 Å². The molecular formula is C10H16N2O. The smallest absolute Gasteiger partial charge is 0.122 e. The Morgan fingerprint density at radius 3 is 2.62 bits per heavy atom. The lowest BCUT2D eigenvalue weighted by atomic mass is 10.1. The van der Waals surface area contributed by atoms with Crippen LogP contribution in [-0.4, -0.2) is 13.7 Å². The van der Waals surface area contributed by atoms with Crippen LogP contribution in [0.25, 0.3) is 0 Å². The second kappa shape index (κ2) is 4.84. The summed E-state index contributed by atoms with van der Waals surface area (Å²) in [6.45, 7) is 1.19. The Bertz CT molecular complexity index is 274. The van der Waals surface area contributed by atoms with E-state index in [1.54, 1.807) is 7.11 Å². The van der Waals surface area contributed by atoms with Crippen LogP contribution in [0.1, 0.15) is 11.1 Å². The Labute approximate surface area is 78.7 Å². The molecule has 0 heterocycles. The number of ether oxygens (including phenoxy) is 1. The van der Waals surface area contributed by atoms with E-state index in [2.05, 4.69) is 0 Å².